The van der Waals surface area contributed by atoms with E-state index in [9.17, 15) is 27.2 Å². The number of amides is 1. The van der Waals surface area contributed by atoms with Gasteiger partial charge in [-0.05, 0) is 24.5 Å². The van der Waals surface area contributed by atoms with Gasteiger partial charge in [-0.2, -0.15) is 4.98 Å². The summed E-state index contributed by atoms with van der Waals surface area (Å²) < 4.78 is 57.8. The molecule has 0 aliphatic rings. The molecule has 0 unspecified atom stereocenters. The van der Waals surface area contributed by atoms with E-state index in [0.717, 1.165) is 17.5 Å². The molecule has 2 atom stereocenters. The van der Waals surface area contributed by atoms with Gasteiger partial charge in [-0.15, -0.1) is 5.12 Å². The van der Waals surface area contributed by atoms with Gasteiger partial charge in [0.15, 0.2) is 5.69 Å². The van der Waals surface area contributed by atoms with E-state index >= 15 is 0 Å². The van der Waals surface area contributed by atoms with E-state index in [2.05, 4.69) is 10.3 Å². The van der Waals surface area contributed by atoms with Gasteiger partial charge < -0.3 is 14.8 Å². The number of oxazole rings is 1. The first kappa shape index (κ1) is 23.7. The Morgan fingerprint density at radius 2 is 2.03 bits per heavy atom. The van der Waals surface area contributed by atoms with Gasteiger partial charge in [0.25, 0.3) is 0 Å². The van der Waals surface area contributed by atoms with Crippen LogP contribution in [0.15, 0.2) is 34.9 Å². The number of hydrogen-bond donors (Lipinski definition) is 3. The van der Waals surface area contributed by atoms with Crippen molar-refractivity contribution in [2.45, 2.75) is 39.2 Å². The molecule has 1 aromatic heterocycles. The molecule has 1 amide bonds. The first-order valence-corrected chi connectivity index (χ1v) is 10.9. The van der Waals surface area contributed by atoms with E-state index in [0.29, 0.717) is 12.8 Å². The van der Waals surface area contributed by atoms with Gasteiger partial charge in [0, 0.05) is 13.1 Å². The zero-order valence-corrected chi connectivity index (χ0v) is 17.3. The molecule has 2 rings (SSSR count). The van der Waals surface area contributed by atoms with Crippen LogP contribution in [0.1, 0.15) is 35.5 Å². The standard InChI is InChI=1S/C18H24F2N4O5S/c1-3-12-6-5-7-13(8-12)9-21-10-15(25)16(19)24(20)17(26)14-11-29-18(22-14)23-30(27,28)4-2/h5-8,11,15-16,21,25H,3-4,9-10H2,1-2H3,(H,22,23)/t15-,16-/m1/s1. The fourth-order valence-electron chi connectivity index (χ4n) is 2.42. The number of aliphatic hydroxyl groups is 1. The van der Waals surface area contributed by atoms with Crippen molar-refractivity contribution in [2.75, 3.05) is 17.0 Å². The molecule has 0 aliphatic carbocycles. The number of rotatable bonds is 11. The Morgan fingerprint density at radius 1 is 1.33 bits per heavy atom. The van der Waals surface area contributed by atoms with Crippen molar-refractivity contribution in [3.8, 4) is 0 Å². The lowest BCUT2D eigenvalue weighted by Crippen LogP contribution is -2.44. The number of carbonyl (C=O) groups excluding carboxylic acids is 1. The summed E-state index contributed by atoms with van der Waals surface area (Å²) >= 11 is 0. The molecule has 0 aliphatic heterocycles. The lowest BCUT2D eigenvalue weighted by Gasteiger charge is -2.21. The second-order valence-corrected chi connectivity index (χ2v) is 8.42. The van der Waals surface area contributed by atoms with Crippen LogP contribution in [0.4, 0.5) is 14.9 Å². The number of halogens is 2. The summed E-state index contributed by atoms with van der Waals surface area (Å²) in [5.41, 5.74) is 1.37. The number of hydrogen-bond acceptors (Lipinski definition) is 7. The van der Waals surface area contributed by atoms with Gasteiger partial charge in [-0.3, -0.25) is 4.79 Å². The van der Waals surface area contributed by atoms with Crippen molar-refractivity contribution in [1.29, 1.82) is 0 Å². The molecule has 0 fully saturated rings. The highest BCUT2D eigenvalue weighted by molar-refractivity contribution is 7.92. The molecule has 3 N–H and O–H groups in total. The Bertz CT molecular complexity index is 954. The molecule has 1 heterocycles. The highest BCUT2D eigenvalue weighted by Gasteiger charge is 2.32. The van der Waals surface area contributed by atoms with Gasteiger partial charge in [0.2, 0.25) is 16.3 Å². The topological polar surface area (TPSA) is 125 Å². The third kappa shape index (κ3) is 6.47. The van der Waals surface area contributed by atoms with Crippen LogP contribution in [0.3, 0.4) is 0 Å². The van der Waals surface area contributed by atoms with Crippen molar-refractivity contribution < 1.29 is 31.6 Å². The summed E-state index contributed by atoms with van der Waals surface area (Å²) in [5.74, 6) is -1.80. The number of aromatic nitrogens is 1. The molecule has 0 saturated heterocycles. The molecule has 1 aromatic carbocycles. The molecular formula is C18H24F2N4O5S. The lowest BCUT2D eigenvalue weighted by atomic mass is 10.1. The molecule has 166 valence electrons. The maximum absolute atomic E-state index is 14.2. The van der Waals surface area contributed by atoms with Gasteiger partial charge in [-0.1, -0.05) is 35.7 Å². The normalized spacial score (nSPS) is 13.6. The smallest absolute Gasteiger partial charge is 0.309 e. The second kappa shape index (κ2) is 10.5. The third-order valence-corrected chi connectivity index (χ3v) is 5.40. The SMILES string of the molecule is CCc1cccc(CNC[C@@H](O)[C@H](F)N(F)C(=O)c2coc(NS(=O)(=O)CC)n2)c1. The van der Waals surface area contributed by atoms with E-state index in [1.54, 1.807) is 0 Å². The molecule has 0 radical (unpaired) electrons. The number of aryl methyl sites for hydroxylation is 1. The predicted molar refractivity (Wildman–Crippen MR) is 105 cm³/mol. The van der Waals surface area contributed by atoms with Crippen LogP contribution < -0.4 is 10.0 Å². The van der Waals surface area contributed by atoms with Crippen molar-refractivity contribution in [3.63, 3.8) is 0 Å². The van der Waals surface area contributed by atoms with E-state index in [-0.39, 0.29) is 12.3 Å². The van der Waals surface area contributed by atoms with Gasteiger partial charge in [-0.25, -0.2) is 17.5 Å². The van der Waals surface area contributed by atoms with Gasteiger partial charge in [0.1, 0.15) is 12.4 Å². The minimum absolute atomic E-state index is 0.275. The molecule has 0 spiro atoms. The number of nitrogens with zero attached hydrogens (tertiary/aromatic N) is 2. The first-order chi connectivity index (χ1) is 14.2. The Kier molecular flexibility index (Phi) is 8.26. The molecular weight excluding hydrogens is 422 g/mol. The van der Waals surface area contributed by atoms with Crippen LogP contribution in [0, 0.1) is 0 Å². The number of anilines is 1. The summed E-state index contributed by atoms with van der Waals surface area (Å²) in [6.45, 7) is 3.38. The monoisotopic (exact) mass is 446 g/mol. The summed E-state index contributed by atoms with van der Waals surface area (Å²) in [5, 5.41) is 11.8. The summed E-state index contributed by atoms with van der Waals surface area (Å²) in [4.78, 5) is 15.5. The minimum Gasteiger partial charge on any atom is -0.431 e. The largest absolute Gasteiger partial charge is 0.431 e. The van der Waals surface area contributed by atoms with Crippen LogP contribution in [-0.4, -0.2) is 54.2 Å². The number of carbonyl (C=O) groups is 1. The summed E-state index contributed by atoms with van der Waals surface area (Å²) in [6.07, 6.45) is -2.98. The van der Waals surface area contributed by atoms with Crippen LogP contribution in [0.5, 0.6) is 0 Å². The highest BCUT2D eigenvalue weighted by atomic mass is 32.2. The molecule has 0 bridgehead atoms. The molecule has 2 aromatic rings. The number of nitrogens with one attached hydrogen (secondary N) is 2. The number of alkyl halides is 1. The second-order valence-electron chi connectivity index (χ2n) is 6.40. The average Bonchev–Trinajstić information content (AvgIpc) is 3.19. The van der Waals surface area contributed by atoms with E-state index in [4.69, 9.17) is 4.42 Å². The van der Waals surface area contributed by atoms with Crippen molar-refractivity contribution in [1.82, 2.24) is 15.4 Å². The van der Waals surface area contributed by atoms with Crippen molar-refractivity contribution in [3.05, 3.63) is 47.3 Å². The number of sulfonamides is 1. The zero-order valence-electron chi connectivity index (χ0n) is 16.5. The van der Waals surface area contributed by atoms with Crippen LogP contribution in [-0.2, 0) is 23.0 Å². The Balaban J connectivity index is 1.89. The summed E-state index contributed by atoms with van der Waals surface area (Å²) in [6, 6.07) is 7.09. The number of aliphatic hydroxyl groups excluding tert-OH is 1. The first-order valence-electron chi connectivity index (χ1n) is 9.22. The van der Waals surface area contributed by atoms with E-state index in [1.165, 1.54) is 6.92 Å². The quantitative estimate of drug-likeness (QED) is 0.355. The third-order valence-electron chi connectivity index (χ3n) is 4.16. The summed E-state index contributed by atoms with van der Waals surface area (Å²) in [7, 11) is -3.72. The molecule has 9 nitrogen and oxygen atoms in total. The van der Waals surface area contributed by atoms with Crippen LogP contribution in [0.25, 0.3) is 0 Å². The maximum atomic E-state index is 14.2. The van der Waals surface area contributed by atoms with Crippen LogP contribution in [0.2, 0.25) is 0 Å². The van der Waals surface area contributed by atoms with Gasteiger partial charge in [0.05, 0.1) is 5.75 Å². The predicted octanol–water partition coefficient (Wildman–Crippen LogP) is 1.77. The maximum Gasteiger partial charge on any atom is 0.309 e. The van der Waals surface area contributed by atoms with Crippen LogP contribution >= 0.6 is 0 Å². The minimum atomic E-state index is -3.72. The van der Waals surface area contributed by atoms with Crippen molar-refractivity contribution >= 4 is 21.9 Å². The average molecular weight is 446 g/mol. The number of benzene rings is 1. The van der Waals surface area contributed by atoms with E-state index < -0.39 is 45.2 Å². The Hall–Kier alpha value is -2.57. The molecule has 30 heavy (non-hydrogen) atoms. The Morgan fingerprint density at radius 3 is 2.70 bits per heavy atom. The molecule has 12 heteroatoms. The van der Waals surface area contributed by atoms with Crippen molar-refractivity contribution in [2.24, 2.45) is 0 Å². The fourth-order valence-corrected chi connectivity index (χ4v) is 2.92. The zero-order chi connectivity index (χ0) is 22.3. The fraction of sp³-hybridized carbons (Fsp3) is 0.444. The Labute approximate surface area is 173 Å². The lowest BCUT2D eigenvalue weighted by molar-refractivity contribution is -0.1000. The van der Waals surface area contributed by atoms with Gasteiger partial charge >= 0.3 is 11.9 Å². The van der Waals surface area contributed by atoms with E-state index in [1.807, 2.05) is 35.9 Å². The highest BCUT2D eigenvalue weighted by Crippen LogP contribution is 2.16. The molecule has 0 saturated carbocycles.